The average Bonchev–Trinajstić information content (AvgIpc) is 2.62. The van der Waals surface area contributed by atoms with Crippen molar-refractivity contribution in [3.63, 3.8) is 0 Å². The summed E-state index contributed by atoms with van der Waals surface area (Å²) in [6.07, 6.45) is 2.76. The van der Waals surface area contributed by atoms with Gasteiger partial charge in [-0.05, 0) is 43.5 Å². The van der Waals surface area contributed by atoms with Crippen LogP contribution in [0.25, 0.3) is 0 Å². The second kappa shape index (κ2) is 7.99. The Labute approximate surface area is 156 Å². The van der Waals surface area contributed by atoms with Gasteiger partial charge in [-0.3, -0.25) is 4.79 Å². The van der Waals surface area contributed by atoms with Crippen LogP contribution in [0, 0.1) is 20.8 Å². The van der Waals surface area contributed by atoms with Crippen LogP contribution < -0.4 is 17.1 Å². The number of benzene rings is 1. The van der Waals surface area contributed by atoms with Crippen molar-refractivity contribution in [1.82, 2.24) is 13.7 Å². The Morgan fingerprint density at radius 3 is 1.74 bits per heavy atom. The van der Waals surface area contributed by atoms with Crippen molar-refractivity contribution in [2.24, 2.45) is 0 Å². The molecule has 142 valence electrons. The minimum absolute atomic E-state index is 0.0635. The van der Waals surface area contributed by atoms with Gasteiger partial charge < -0.3 is 0 Å². The summed E-state index contributed by atoms with van der Waals surface area (Å²) >= 11 is 0. The lowest BCUT2D eigenvalue weighted by molar-refractivity contribution is 0.0966. The van der Waals surface area contributed by atoms with E-state index in [0.717, 1.165) is 30.4 Å². The number of hydrogen-bond acceptors (Lipinski definition) is 4. The fourth-order valence-electron chi connectivity index (χ4n) is 2.88. The molecule has 0 atom stereocenters. The van der Waals surface area contributed by atoms with Crippen LogP contribution >= 0.6 is 0 Å². The minimum Gasteiger partial charge on any atom is -0.292 e. The molecule has 7 nitrogen and oxygen atoms in total. The third-order valence-electron chi connectivity index (χ3n) is 4.45. The highest BCUT2D eigenvalue weighted by Crippen LogP contribution is 2.16. The Hall–Kier alpha value is -3.22. The molecule has 0 saturated heterocycles. The first kappa shape index (κ1) is 20.1. The summed E-state index contributed by atoms with van der Waals surface area (Å²) in [5.41, 5.74) is 0.783. The van der Waals surface area contributed by atoms with Crippen molar-refractivity contribution in [3.05, 3.63) is 91.1 Å². The van der Waals surface area contributed by atoms with Gasteiger partial charge in [0.1, 0.15) is 0 Å². The maximum Gasteiger partial charge on any atom is 0.337 e. The van der Waals surface area contributed by atoms with E-state index in [1.807, 2.05) is 19.9 Å². The van der Waals surface area contributed by atoms with E-state index < -0.39 is 23.6 Å². The molecule has 1 heterocycles. The fourth-order valence-corrected chi connectivity index (χ4v) is 2.88. The van der Waals surface area contributed by atoms with E-state index in [2.05, 4.69) is 13.2 Å². The first-order chi connectivity index (χ1) is 12.7. The van der Waals surface area contributed by atoms with Crippen LogP contribution in [-0.4, -0.2) is 19.5 Å². The van der Waals surface area contributed by atoms with Gasteiger partial charge in [-0.15, -0.1) is 13.2 Å². The standard InChI is InChI=1S/C20H23N3O4/c1-6-8-21-18(25)22(9-7-2)20(27)23(19(21)26)12-17(24)16-11-14(4)13(3)10-15(16)5/h6-7,10-11H,1-2,8-9,12H2,3-5H3. The second-order valence-electron chi connectivity index (χ2n) is 6.41. The molecule has 0 N–H and O–H groups in total. The average molecular weight is 369 g/mol. The molecule has 7 heteroatoms. The SMILES string of the molecule is C=CCn1c(=O)n(CC=C)c(=O)n(CC(=O)c2cc(C)c(C)cc2C)c1=O. The number of aromatic nitrogens is 3. The van der Waals surface area contributed by atoms with E-state index in [4.69, 9.17) is 0 Å². The van der Waals surface area contributed by atoms with Crippen molar-refractivity contribution < 1.29 is 4.79 Å². The van der Waals surface area contributed by atoms with Gasteiger partial charge in [-0.25, -0.2) is 28.1 Å². The molecular weight excluding hydrogens is 346 g/mol. The first-order valence-corrected chi connectivity index (χ1v) is 8.50. The third-order valence-corrected chi connectivity index (χ3v) is 4.45. The quantitative estimate of drug-likeness (QED) is 0.545. The van der Waals surface area contributed by atoms with Gasteiger partial charge in [0, 0.05) is 5.56 Å². The van der Waals surface area contributed by atoms with Crippen LogP contribution in [0.3, 0.4) is 0 Å². The minimum atomic E-state index is -0.833. The summed E-state index contributed by atoms with van der Waals surface area (Å²) in [7, 11) is 0. The van der Waals surface area contributed by atoms with E-state index in [-0.39, 0.29) is 18.9 Å². The molecule has 0 aliphatic heterocycles. The van der Waals surface area contributed by atoms with E-state index in [0.29, 0.717) is 5.56 Å². The molecule has 0 aliphatic carbocycles. The van der Waals surface area contributed by atoms with E-state index >= 15 is 0 Å². The van der Waals surface area contributed by atoms with Gasteiger partial charge >= 0.3 is 17.1 Å². The number of Topliss-reactive ketones (excluding diaryl/α,β-unsaturated/α-hetero) is 1. The van der Waals surface area contributed by atoms with E-state index in [9.17, 15) is 19.2 Å². The van der Waals surface area contributed by atoms with Crippen molar-refractivity contribution in [1.29, 1.82) is 0 Å². The summed E-state index contributed by atoms with van der Waals surface area (Å²) in [6.45, 7) is 12.1. The largest absolute Gasteiger partial charge is 0.337 e. The normalized spacial score (nSPS) is 10.6. The number of hydrogen-bond donors (Lipinski definition) is 0. The number of aryl methyl sites for hydroxylation is 3. The highest BCUT2D eigenvalue weighted by atomic mass is 16.2. The molecular formula is C20H23N3O4. The predicted octanol–water partition coefficient (Wildman–Crippen LogP) is 1.35. The van der Waals surface area contributed by atoms with Crippen molar-refractivity contribution >= 4 is 5.78 Å². The van der Waals surface area contributed by atoms with Gasteiger partial charge in [0.15, 0.2) is 5.78 Å². The zero-order valence-corrected chi connectivity index (χ0v) is 15.8. The number of carbonyl (C=O) groups is 1. The highest BCUT2D eigenvalue weighted by molar-refractivity contribution is 5.97. The summed E-state index contributed by atoms with van der Waals surface area (Å²) in [6, 6.07) is 3.64. The lowest BCUT2D eigenvalue weighted by Gasteiger charge is -2.13. The monoisotopic (exact) mass is 369 g/mol. The topological polar surface area (TPSA) is 83.1 Å². The van der Waals surface area contributed by atoms with Crippen LogP contribution in [0.15, 0.2) is 51.8 Å². The van der Waals surface area contributed by atoms with Crippen LogP contribution in [0.5, 0.6) is 0 Å². The smallest absolute Gasteiger partial charge is 0.292 e. The molecule has 27 heavy (non-hydrogen) atoms. The Morgan fingerprint density at radius 2 is 1.26 bits per heavy atom. The van der Waals surface area contributed by atoms with Crippen molar-refractivity contribution in [2.75, 3.05) is 0 Å². The van der Waals surface area contributed by atoms with Gasteiger partial charge in [0.2, 0.25) is 0 Å². The molecule has 2 rings (SSSR count). The molecule has 0 saturated carbocycles. The van der Waals surface area contributed by atoms with Gasteiger partial charge in [-0.2, -0.15) is 0 Å². The number of ketones is 1. The van der Waals surface area contributed by atoms with Gasteiger partial charge in [-0.1, -0.05) is 18.2 Å². The maximum atomic E-state index is 12.8. The van der Waals surface area contributed by atoms with Crippen molar-refractivity contribution in [3.8, 4) is 0 Å². The molecule has 0 spiro atoms. The summed E-state index contributed by atoms with van der Waals surface area (Å²) in [5.74, 6) is -0.372. The Bertz CT molecular complexity index is 1050. The fraction of sp³-hybridized carbons (Fsp3) is 0.300. The molecule has 0 bridgehead atoms. The first-order valence-electron chi connectivity index (χ1n) is 8.50. The van der Waals surface area contributed by atoms with E-state index in [1.165, 1.54) is 12.2 Å². The van der Waals surface area contributed by atoms with Crippen LogP contribution in [0.1, 0.15) is 27.0 Å². The molecule has 1 aromatic heterocycles. The second-order valence-corrected chi connectivity index (χ2v) is 6.41. The number of nitrogens with zero attached hydrogens (tertiary/aromatic N) is 3. The van der Waals surface area contributed by atoms with Crippen LogP contribution in [0.4, 0.5) is 0 Å². The number of rotatable bonds is 7. The summed E-state index contributed by atoms with van der Waals surface area (Å²) < 4.78 is 2.53. The molecule has 1 aromatic carbocycles. The number of carbonyl (C=O) groups excluding carboxylic acids is 1. The predicted molar refractivity (Wildman–Crippen MR) is 105 cm³/mol. The molecule has 0 amide bonds. The van der Waals surface area contributed by atoms with Gasteiger partial charge in [0.25, 0.3) is 0 Å². The van der Waals surface area contributed by atoms with Crippen LogP contribution in [0.2, 0.25) is 0 Å². The third kappa shape index (κ3) is 3.81. The molecule has 0 unspecified atom stereocenters. The van der Waals surface area contributed by atoms with Crippen molar-refractivity contribution in [2.45, 2.75) is 40.4 Å². The highest BCUT2D eigenvalue weighted by Gasteiger charge is 2.18. The Kier molecular flexibility index (Phi) is 5.95. The van der Waals surface area contributed by atoms with Gasteiger partial charge in [0.05, 0.1) is 19.6 Å². The summed E-state index contributed by atoms with van der Waals surface area (Å²) in [5, 5.41) is 0. The lowest BCUT2D eigenvalue weighted by Crippen LogP contribution is -2.55. The maximum absolute atomic E-state index is 12.8. The Balaban J connectivity index is 2.64. The molecule has 2 aromatic rings. The van der Waals surface area contributed by atoms with Crippen LogP contribution in [-0.2, 0) is 19.6 Å². The Morgan fingerprint density at radius 1 is 0.815 bits per heavy atom. The van der Waals surface area contributed by atoms with E-state index in [1.54, 1.807) is 13.0 Å². The molecule has 0 fully saturated rings. The number of allylic oxidation sites excluding steroid dienone is 2. The zero-order valence-electron chi connectivity index (χ0n) is 15.8. The molecule has 0 radical (unpaired) electrons. The lowest BCUT2D eigenvalue weighted by atomic mass is 9.98. The zero-order chi connectivity index (χ0) is 20.3. The summed E-state index contributed by atoms with van der Waals surface area (Å²) in [4.78, 5) is 50.4. The molecule has 0 aliphatic rings.